The van der Waals surface area contributed by atoms with Gasteiger partial charge in [-0.3, -0.25) is 9.69 Å². The predicted molar refractivity (Wildman–Crippen MR) is 101 cm³/mol. The van der Waals surface area contributed by atoms with Gasteiger partial charge in [0.05, 0.1) is 7.11 Å². The lowest BCUT2D eigenvalue weighted by molar-refractivity contribution is -0.132. The minimum atomic E-state index is -1.08. The van der Waals surface area contributed by atoms with Crippen molar-refractivity contribution in [3.63, 3.8) is 0 Å². The second-order valence-electron chi connectivity index (χ2n) is 6.42. The molecule has 6 nitrogen and oxygen atoms in total. The van der Waals surface area contributed by atoms with E-state index >= 15 is 0 Å². The molecule has 2 unspecified atom stereocenters. The largest absolute Gasteiger partial charge is 0.497 e. The fraction of sp³-hybridized carbons (Fsp3) is 0.263. The van der Waals surface area contributed by atoms with Crippen molar-refractivity contribution in [2.75, 3.05) is 14.2 Å². The quantitative estimate of drug-likeness (QED) is 0.817. The van der Waals surface area contributed by atoms with E-state index < -0.39 is 5.54 Å². The summed E-state index contributed by atoms with van der Waals surface area (Å²) in [5.41, 5.74) is 6.55. The molecule has 0 radical (unpaired) electrons. The Balaban J connectivity index is 1.86. The Morgan fingerprint density at radius 3 is 2.85 bits per heavy atom. The van der Waals surface area contributed by atoms with Crippen LogP contribution in [-0.2, 0) is 10.3 Å². The number of likely N-dealkylation sites (N-methyl/N-ethyl adjacent to an activating group) is 1. The highest BCUT2D eigenvalue weighted by Gasteiger charge is 2.53. The van der Waals surface area contributed by atoms with Crippen LogP contribution in [0.25, 0.3) is 0 Å². The Bertz CT molecular complexity index is 930. The Morgan fingerprint density at radius 1 is 1.35 bits per heavy atom. The van der Waals surface area contributed by atoms with Crippen LogP contribution in [0.15, 0.2) is 51.9 Å². The molecule has 1 amide bonds. The van der Waals surface area contributed by atoms with Gasteiger partial charge in [0.2, 0.25) is 0 Å². The van der Waals surface area contributed by atoms with Gasteiger partial charge in [-0.2, -0.15) is 0 Å². The van der Waals surface area contributed by atoms with Crippen molar-refractivity contribution >= 4 is 27.8 Å². The van der Waals surface area contributed by atoms with Crippen LogP contribution in [0.1, 0.15) is 23.7 Å². The third kappa shape index (κ3) is 2.46. The number of aliphatic imine (C=N–C) groups is 1. The van der Waals surface area contributed by atoms with Crippen LogP contribution in [0.5, 0.6) is 11.5 Å². The lowest BCUT2D eigenvalue weighted by Gasteiger charge is -2.37. The summed E-state index contributed by atoms with van der Waals surface area (Å²) in [7, 11) is 3.26. The van der Waals surface area contributed by atoms with Crippen molar-refractivity contribution in [1.82, 2.24) is 4.90 Å². The smallest absolute Gasteiger partial charge is 0.261 e. The normalized spacial score (nSPS) is 24.3. The molecule has 0 bridgehead atoms. The van der Waals surface area contributed by atoms with Crippen molar-refractivity contribution in [1.29, 1.82) is 0 Å². The fourth-order valence-corrected chi connectivity index (χ4v) is 3.90. The predicted octanol–water partition coefficient (Wildman–Crippen LogP) is 2.96. The number of hydrogen-bond donors (Lipinski definition) is 1. The molecule has 2 atom stereocenters. The number of guanidine groups is 1. The number of carbonyl (C=O) groups is 1. The molecule has 134 valence electrons. The van der Waals surface area contributed by atoms with Crippen molar-refractivity contribution < 1.29 is 14.3 Å². The van der Waals surface area contributed by atoms with Gasteiger partial charge in [0.15, 0.2) is 11.5 Å². The fourth-order valence-electron chi connectivity index (χ4n) is 3.54. The van der Waals surface area contributed by atoms with Crippen molar-refractivity contribution in [2.24, 2.45) is 10.7 Å². The summed E-state index contributed by atoms with van der Waals surface area (Å²) < 4.78 is 12.4. The summed E-state index contributed by atoms with van der Waals surface area (Å²) >= 11 is 3.47. The second-order valence-corrected chi connectivity index (χ2v) is 7.34. The van der Waals surface area contributed by atoms with Gasteiger partial charge in [-0.15, -0.1) is 0 Å². The summed E-state index contributed by atoms with van der Waals surface area (Å²) in [4.78, 5) is 19.1. The summed E-state index contributed by atoms with van der Waals surface area (Å²) in [6.07, 6.45) is 0.0267. The third-order valence-corrected chi connectivity index (χ3v) is 5.40. The summed E-state index contributed by atoms with van der Waals surface area (Å²) in [5.74, 6) is 1.44. The van der Waals surface area contributed by atoms with Gasteiger partial charge in [0.1, 0.15) is 17.6 Å². The third-order valence-electron chi connectivity index (χ3n) is 4.91. The molecule has 0 aromatic heterocycles. The molecule has 2 aromatic carbocycles. The van der Waals surface area contributed by atoms with Crippen molar-refractivity contribution in [3.05, 3.63) is 58.1 Å². The van der Waals surface area contributed by atoms with Crippen molar-refractivity contribution in [2.45, 2.75) is 18.1 Å². The second kappa shape index (κ2) is 6.02. The SMILES string of the molecule is COc1cccc(C2CC3(N=C(N)N(C)C3=O)c3cc(Br)ccc3O2)c1. The van der Waals surface area contributed by atoms with Crippen LogP contribution in [0.3, 0.4) is 0 Å². The maximum absolute atomic E-state index is 13.1. The Kier molecular flexibility index (Phi) is 3.91. The molecular weight excluding hydrogens is 398 g/mol. The average Bonchev–Trinajstić information content (AvgIpc) is 2.86. The number of ether oxygens (including phenoxy) is 2. The monoisotopic (exact) mass is 415 g/mol. The summed E-state index contributed by atoms with van der Waals surface area (Å²) in [6.45, 7) is 0. The highest BCUT2D eigenvalue weighted by Crippen LogP contribution is 2.50. The molecule has 26 heavy (non-hydrogen) atoms. The molecule has 2 N–H and O–H groups in total. The average molecular weight is 416 g/mol. The maximum atomic E-state index is 13.1. The van der Waals surface area contributed by atoms with Crippen LogP contribution >= 0.6 is 15.9 Å². The first kappa shape index (κ1) is 16.9. The number of rotatable bonds is 2. The number of amides is 1. The van der Waals surface area contributed by atoms with Gasteiger partial charge in [-0.1, -0.05) is 28.1 Å². The van der Waals surface area contributed by atoms with Gasteiger partial charge < -0.3 is 15.2 Å². The minimum absolute atomic E-state index is 0.148. The topological polar surface area (TPSA) is 77.2 Å². The molecule has 2 heterocycles. The standard InChI is InChI=1S/C19H18BrN3O3/c1-23-17(24)19(22-18(23)21)10-16(11-4-3-5-13(8-11)25-2)26-15-7-6-12(20)9-14(15)19/h3-9,16H,10H2,1-2H3,(H2,21,22). The highest BCUT2D eigenvalue weighted by atomic mass is 79.9. The van der Waals surface area contributed by atoms with Gasteiger partial charge in [-0.25, -0.2) is 4.99 Å². The molecular formula is C19H18BrN3O3. The van der Waals surface area contributed by atoms with E-state index in [1.807, 2.05) is 42.5 Å². The van der Waals surface area contributed by atoms with Crippen LogP contribution < -0.4 is 15.2 Å². The number of carbonyl (C=O) groups excluding carboxylic acids is 1. The lowest BCUT2D eigenvalue weighted by atomic mass is 9.80. The van der Waals surface area contributed by atoms with Crippen LogP contribution in [0.2, 0.25) is 0 Å². The van der Waals surface area contributed by atoms with Crippen molar-refractivity contribution in [3.8, 4) is 11.5 Å². The number of benzene rings is 2. The highest BCUT2D eigenvalue weighted by molar-refractivity contribution is 9.10. The molecule has 1 spiro atoms. The number of nitrogens with two attached hydrogens (primary N) is 1. The first-order chi connectivity index (χ1) is 12.4. The van der Waals surface area contributed by atoms with E-state index in [0.29, 0.717) is 12.2 Å². The molecule has 2 aromatic rings. The van der Waals surface area contributed by atoms with E-state index in [4.69, 9.17) is 15.2 Å². The van der Waals surface area contributed by atoms with E-state index in [9.17, 15) is 4.79 Å². The van der Waals surface area contributed by atoms with Crippen LogP contribution in [-0.4, -0.2) is 30.9 Å². The number of halogens is 1. The van der Waals surface area contributed by atoms with Gasteiger partial charge in [-0.05, 0) is 35.9 Å². The zero-order chi connectivity index (χ0) is 18.5. The summed E-state index contributed by atoms with van der Waals surface area (Å²) in [6, 6.07) is 13.3. The Labute approximate surface area is 159 Å². The van der Waals surface area contributed by atoms with Gasteiger partial charge in [0, 0.05) is 23.5 Å². The number of hydrogen-bond acceptors (Lipinski definition) is 5. The lowest BCUT2D eigenvalue weighted by Crippen LogP contribution is -2.43. The number of fused-ring (bicyclic) bond motifs is 2. The first-order valence-electron chi connectivity index (χ1n) is 8.19. The van der Waals surface area contributed by atoms with Gasteiger partial charge >= 0.3 is 0 Å². The maximum Gasteiger partial charge on any atom is 0.261 e. The molecule has 7 heteroatoms. The zero-order valence-corrected chi connectivity index (χ0v) is 16.0. The molecule has 0 aliphatic carbocycles. The van der Waals surface area contributed by atoms with E-state index in [-0.39, 0.29) is 18.0 Å². The molecule has 4 rings (SSSR count). The van der Waals surface area contributed by atoms with E-state index in [1.165, 1.54) is 4.90 Å². The molecule has 0 saturated heterocycles. The van der Waals surface area contributed by atoms with Crippen LogP contribution in [0, 0.1) is 0 Å². The number of methoxy groups -OCH3 is 1. The summed E-state index contributed by atoms with van der Waals surface area (Å²) in [5, 5.41) is 0. The first-order valence-corrected chi connectivity index (χ1v) is 8.98. The van der Waals surface area contributed by atoms with Gasteiger partial charge in [0.25, 0.3) is 5.91 Å². The van der Waals surface area contributed by atoms with Crippen LogP contribution in [0.4, 0.5) is 0 Å². The Morgan fingerprint density at radius 2 is 2.15 bits per heavy atom. The van der Waals surface area contributed by atoms with E-state index in [0.717, 1.165) is 21.3 Å². The van der Waals surface area contributed by atoms with E-state index in [1.54, 1.807) is 14.2 Å². The zero-order valence-electron chi connectivity index (χ0n) is 14.4. The van der Waals surface area contributed by atoms with E-state index in [2.05, 4.69) is 20.9 Å². The molecule has 0 fully saturated rings. The minimum Gasteiger partial charge on any atom is -0.497 e. The molecule has 2 aliphatic heterocycles. The molecule has 0 saturated carbocycles. The molecule has 2 aliphatic rings. The Hall–Kier alpha value is -2.54. The number of nitrogens with zero attached hydrogens (tertiary/aromatic N) is 2.